The zero-order valence-corrected chi connectivity index (χ0v) is 12.6. The van der Waals surface area contributed by atoms with Crippen LogP contribution >= 0.6 is 0 Å². The van der Waals surface area contributed by atoms with Crippen molar-refractivity contribution in [1.82, 2.24) is 10.2 Å². The third kappa shape index (κ3) is 3.29. The number of nitrogens with zero attached hydrogens (tertiary/aromatic N) is 2. The van der Waals surface area contributed by atoms with Crippen LogP contribution in [0.4, 0.5) is 11.4 Å². The second-order valence-electron chi connectivity index (χ2n) is 4.92. The van der Waals surface area contributed by atoms with Gasteiger partial charge in [0.2, 0.25) is 10.0 Å². The Balaban J connectivity index is 1.86. The summed E-state index contributed by atoms with van der Waals surface area (Å²) in [5.74, 6) is -0.479. The number of nitrogens with one attached hydrogen (secondary N) is 2. The first-order chi connectivity index (χ1) is 10.9. The topological polar surface area (TPSA) is 118 Å². The number of fused-ring (bicyclic) bond motifs is 1. The molecule has 0 saturated carbocycles. The van der Waals surface area contributed by atoms with Crippen molar-refractivity contribution in [2.24, 2.45) is 0 Å². The Morgan fingerprint density at radius 3 is 2.78 bits per heavy atom. The molecule has 0 saturated heterocycles. The molecular weight excluding hydrogens is 320 g/mol. The van der Waals surface area contributed by atoms with E-state index >= 15 is 0 Å². The van der Waals surface area contributed by atoms with Crippen LogP contribution in [0.25, 0.3) is 10.9 Å². The number of sulfonamides is 1. The van der Waals surface area contributed by atoms with Crippen LogP contribution in [0.1, 0.15) is 5.56 Å². The zero-order valence-electron chi connectivity index (χ0n) is 11.8. The van der Waals surface area contributed by atoms with Crippen LogP contribution in [0, 0.1) is 10.1 Å². The zero-order chi connectivity index (χ0) is 16.4. The fourth-order valence-corrected chi connectivity index (χ4v) is 3.45. The second-order valence-corrected chi connectivity index (χ2v) is 6.64. The summed E-state index contributed by atoms with van der Waals surface area (Å²) in [5.41, 5.74) is 1.07. The Hall–Kier alpha value is -2.94. The van der Waals surface area contributed by atoms with Crippen molar-refractivity contribution >= 4 is 32.3 Å². The maximum absolute atomic E-state index is 12.3. The van der Waals surface area contributed by atoms with E-state index < -0.39 is 20.7 Å². The molecule has 0 unspecified atom stereocenters. The third-order valence-electron chi connectivity index (χ3n) is 3.25. The van der Waals surface area contributed by atoms with E-state index in [-0.39, 0.29) is 11.3 Å². The number of aromatic amines is 1. The van der Waals surface area contributed by atoms with Gasteiger partial charge in [0.25, 0.3) is 5.69 Å². The van der Waals surface area contributed by atoms with E-state index in [1.807, 2.05) is 0 Å². The number of para-hydroxylation sites is 1. The number of nitro benzene ring substituents is 1. The molecule has 8 nitrogen and oxygen atoms in total. The highest BCUT2D eigenvalue weighted by Crippen LogP contribution is 2.22. The lowest BCUT2D eigenvalue weighted by Crippen LogP contribution is -2.15. The van der Waals surface area contributed by atoms with Gasteiger partial charge in [-0.3, -0.25) is 19.9 Å². The number of hydrogen-bond acceptors (Lipinski definition) is 5. The van der Waals surface area contributed by atoms with Crippen molar-refractivity contribution in [3.63, 3.8) is 0 Å². The monoisotopic (exact) mass is 332 g/mol. The van der Waals surface area contributed by atoms with Gasteiger partial charge in [-0.15, -0.1) is 0 Å². The van der Waals surface area contributed by atoms with E-state index in [1.165, 1.54) is 18.2 Å². The molecule has 118 valence electrons. The number of nitro groups is 1. The molecule has 0 atom stereocenters. The summed E-state index contributed by atoms with van der Waals surface area (Å²) in [6.45, 7) is 0. The van der Waals surface area contributed by atoms with Crippen molar-refractivity contribution in [3.8, 4) is 0 Å². The van der Waals surface area contributed by atoms with Gasteiger partial charge >= 0.3 is 0 Å². The number of benzene rings is 2. The van der Waals surface area contributed by atoms with Crippen molar-refractivity contribution < 1.29 is 13.3 Å². The normalized spacial score (nSPS) is 11.5. The molecule has 3 aromatic rings. The standard InChI is InChI=1S/C14H12N4O4S/c19-18(20)14-4-2-1-3-10(14)9-23(21,22)17-12-5-6-13-11(7-12)8-15-16-13/h1-8,17H,9H2,(H,15,16). The first-order valence-electron chi connectivity index (χ1n) is 6.60. The first-order valence-corrected chi connectivity index (χ1v) is 8.26. The Labute approximate surface area is 131 Å². The number of hydrogen-bond donors (Lipinski definition) is 2. The fraction of sp³-hybridized carbons (Fsp3) is 0.0714. The van der Waals surface area contributed by atoms with Gasteiger partial charge in [0.1, 0.15) is 5.75 Å². The van der Waals surface area contributed by atoms with E-state index in [1.54, 1.807) is 30.5 Å². The SMILES string of the molecule is O=[N+]([O-])c1ccccc1CS(=O)(=O)Nc1ccc2[nH]ncc2c1. The molecule has 0 aliphatic rings. The van der Waals surface area contributed by atoms with Crippen LogP contribution in [-0.4, -0.2) is 23.5 Å². The lowest BCUT2D eigenvalue weighted by molar-refractivity contribution is -0.385. The van der Waals surface area contributed by atoms with Gasteiger partial charge in [-0.05, 0) is 18.2 Å². The average Bonchev–Trinajstić information content (AvgIpc) is 2.94. The first kappa shape index (κ1) is 15.0. The molecule has 23 heavy (non-hydrogen) atoms. The molecule has 0 bridgehead atoms. The quantitative estimate of drug-likeness (QED) is 0.549. The average molecular weight is 332 g/mol. The summed E-state index contributed by atoms with van der Waals surface area (Å²) >= 11 is 0. The minimum Gasteiger partial charge on any atom is -0.283 e. The highest BCUT2D eigenvalue weighted by Gasteiger charge is 2.19. The number of aromatic nitrogens is 2. The van der Waals surface area contributed by atoms with Gasteiger partial charge in [-0.1, -0.05) is 18.2 Å². The molecule has 9 heteroatoms. The van der Waals surface area contributed by atoms with Crippen LogP contribution < -0.4 is 4.72 Å². The second kappa shape index (κ2) is 5.69. The largest absolute Gasteiger partial charge is 0.283 e. The molecular formula is C14H12N4O4S. The lowest BCUT2D eigenvalue weighted by atomic mass is 10.2. The van der Waals surface area contributed by atoms with Crippen molar-refractivity contribution in [1.29, 1.82) is 0 Å². The van der Waals surface area contributed by atoms with Crippen molar-refractivity contribution in [2.45, 2.75) is 5.75 Å². The van der Waals surface area contributed by atoms with E-state index in [4.69, 9.17) is 0 Å². The molecule has 0 aliphatic carbocycles. The summed E-state index contributed by atoms with van der Waals surface area (Å²) in [7, 11) is -3.78. The van der Waals surface area contributed by atoms with Gasteiger partial charge in [0.05, 0.1) is 16.6 Å². The van der Waals surface area contributed by atoms with E-state index in [0.717, 1.165) is 10.9 Å². The van der Waals surface area contributed by atoms with Crippen molar-refractivity contribution in [3.05, 3.63) is 64.3 Å². The van der Waals surface area contributed by atoms with Gasteiger partial charge in [-0.25, -0.2) is 8.42 Å². The molecule has 1 heterocycles. The Morgan fingerprint density at radius 2 is 2.00 bits per heavy atom. The molecule has 1 aromatic heterocycles. The Bertz CT molecular complexity index is 981. The number of H-pyrrole nitrogens is 1. The van der Waals surface area contributed by atoms with E-state index in [2.05, 4.69) is 14.9 Å². The summed E-state index contributed by atoms with van der Waals surface area (Å²) in [6.07, 6.45) is 1.58. The highest BCUT2D eigenvalue weighted by molar-refractivity contribution is 7.91. The summed E-state index contributed by atoms with van der Waals surface area (Å²) < 4.78 is 26.9. The minimum atomic E-state index is -3.78. The molecule has 0 aliphatic heterocycles. The molecule has 0 amide bonds. The van der Waals surface area contributed by atoms with Gasteiger partial charge in [-0.2, -0.15) is 5.10 Å². The van der Waals surface area contributed by atoms with E-state index in [0.29, 0.717) is 5.69 Å². The Morgan fingerprint density at radius 1 is 1.22 bits per heavy atom. The van der Waals surface area contributed by atoms with Crippen LogP contribution in [-0.2, 0) is 15.8 Å². The van der Waals surface area contributed by atoms with Crippen molar-refractivity contribution in [2.75, 3.05) is 4.72 Å². The summed E-state index contributed by atoms with van der Waals surface area (Å²) in [5, 5.41) is 18.4. The number of anilines is 1. The smallest absolute Gasteiger partial charge is 0.273 e. The van der Waals surface area contributed by atoms with Gasteiger partial charge < -0.3 is 0 Å². The van der Waals surface area contributed by atoms with Crippen LogP contribution in [0.15, 0.2) is 48.7 Å². The molecule has 0 radical (unpaired) electrons. The highest BCUT2D eigenvalue weighted by atomic mass is 32.2. The molecule has 2 N–H and O–H groups in total. The maximum atomic E-state index is 12.3. The molecule has 0 spiro atoms. The number of rotatable bonds is 5. The van der Waals surface area contributed by atoms with Crippen LogP contribution in [0.5, 0.6) is 0 Å². The predicted octanol–water partition coefficient (Wildman–Crippen LogP) is 2.41. The minimum absolute atomic E-state index is 0.134. The van der Waals surface area contributed by atoms with Gasteiger partial charge in [0.15, 0.2) is 0 Å². The molecule has 0 fully saturated rings. The summed E-state index contributed by atoms with van der Waals surface area (Å²) in [6, 6.07) is 10.7. The third-order valence-corrected chi connectivity index (χ3v) is 4.49. The van der Waals surface area contributed by atoms with Gasteiger partial charge in [0, 0.05) is 22.7 Å². The Kier molecular flexibility index (Phi) is 3.70. The maximum Gasteiger partial charge on any atom is 0.273 e. The van der Waals surface area contributed by atoms with E-state index in [9.17, 15) is 18.5 Å². The predicted molar refractivity (Wildman–Crippen MR) is 85.4 cm³/mol. The fourth-order valence-electron chi connectivity index (χ4n) is 2.24. The lowest BCUT2D eigenvalue weighted by Gasteiger charge is -2.08. The summed E-state index contributed by atoms with van der Waals surface area (Å²) in [4.78, 5) is 10.4. The molecule has 2 aromatic carbocycles. The van der Waals surface area contributed by atoms with Crippen LogP contribution in [0.3, 0.4) is 0 Å². The molecule has 3 rings (SSSR count). The van der Waals surface area contributed by atoms with Crippen LogP contribution in [0.2, 0.25) is 0 Å².